The number of aliphatic hydroxyl groups excluding tert-OH is 1. The number of aliphatic carboxylic acids is 1. The number of carbonyl (C=O) groups is 6. The summed E-state index contributed by atoms with van der Waals surface area (Å²) >= 11 is 0. The van der Waals surface area contributed by atoms with Crippen molar-refractivity contribution in [2.75, 3.05) is 7.05 Å². The van der Waals surface area contributed by atoms with Crippen molar-refractivity contribution in [2.24, 2.45) is 5.73 Å². The number of hydrogen-bond acceptors (Lipinski definition) is 12. The van der Waals surface area contributed by atoms with Crippen molar-refractivity contribution in [1.29, 1.82) is 0 Å². The molecule has 0 radical (unpaired) electrons. The fourth-order valence-corrected chi connectivity index (χ4v) is 6.08. The molecule has 0 saturated carbocycles. The summed E-state index contributed by atoms with van der Waals surface area (Å²) in [4.78, 5) is 106. The minimum absolute atomic E-state index is 0.00102. The summed E-state index contributed by atoms with van der Waals surface area (Å²) in [6.45, 7) is 4.12. The van der Waals surface area contributed by atoms with Gasteiger partial charge in [0.25, 0.3) is 5.56 Å². The largest absolute Gasteiger partial charge is 0.508 e. The second-order valence-corrected chi connectivity index (χ2v) is 14.2. The minimum atomic E-state index is -1.59. The van der Waals surface area contributed by atoms with Crippen LogP contribution in [0.5, 0.6) is 5.75 Å². The van der Waals surface area contributed by atoms with Crippen LogP contribution in [0.15, 0.2) is 88.4 Å². The summed E-state index contributed by atoms with van der Waals surface area (Å²) in [6, 6.07) is 6.80. The summed E-state index contributed by atoms with van der Waals surface area (Å²) in [5, 5.41) is 42.6. The van der Waals surface area contributed by atoms with Crippen LogP contribution in [0.1, 0.15) is 44.5 Å². The highest BCUT2D eigenvalue weighted by molar-refractivity contribution is 5.94. The van der Waals surface area contributed by atoms with Gasteiger partial charge in [0.1, 0.15) is 41.8 Å². The molecular formula is C39H49N9O12. The van der Waals surface area contributed by atoms with Crippen molar-refractivity contribution in [3.8, 4) is 5.75 Å². The Balaban J connectivity index is 1.56. The summed E-state index contributed by atoms with van der Waals surface area (Å²) in [7, 11) is 1.32. The molecule has 0 aliphatic carbocycles. The second-order valence-electron chi connectivity index (χ2n) is 14.2. The van der Waals surface area contributed by atoms with E-state index in [1.165, 1.54) is 40.0 Å². The predicted octanol–water partition coefficient (Wildman–Crippen LogP) is -1.73. The number of nitrogens with two attached hydrogens (primary N) is 1. The van der Waals surface area contributed by atoms with Gasteiger partial charge in [-0.2, -0.15) is 0 Å². The van der Waals surface area contributed by atoms with Crippen LogP contribution >= 0.6 is 0 Å². The van der Waals surface area contributed by atoms with Gasteiger partial charge in [-0.3, -0.25) is 33.5 Å². The first kappa shape index (κ1) is 45.7. The Labute approximate surface area is 343 Å². The maximum absolute atomic E-state index is 14.1. The fraction of sp³-hybridized carbons (Fsp3) is 0.385. The van der Waals surface area contributed by atoms with Crippen LogP contribution in [0, 0.1) is 0 Å². The van der Waals surface area contributed by atoms with E-state index in [4.69, 9.17) is 10.5 Å². The lowest BCUT2D eigenvalue weighted by molar-refractivity contribution is -0.140. The van der Waals surface area contributed by atoms with Crippen LogP contribution in [0.4, 0.5) is 4.79 Å². The number of rotatable bonds is 17. The average Bonchev–Trinajstić information content (AvgIpc) is 3.57. The number of nitrogens with one attached hydrogen (secondary N) is 6. The van der Waals surface area contributed by atoms with Crippen LogP contribution < -0.4 is 43.6 Å². The number of aromatic hydroxyl groups is 1. The van der Waals surface area contributed by atoms with E-state index in [0.717, 1.165) is 27.9 Å². The van der Waals surface area contributed by atoms with Gasteiger partial charge in [-0.05, 0) is 44.0 Å². The zero-order valence-corrected chi connectivity index (χ0v) is 33.2. The number of aromatic nitrogens is 2. The molecule has 0 unspecified atom stereocenters. The van der Waals surface area contributed by atoms with Gasteiger partial charge in [-0.25, -0.2) is 14.4 Å². The molecule has 1 aliphatic heterocycles. The molecule has 1 saturated heterocycles. The number of hydrogen-bond donors (Lipinski definition) is 10. The first-order chi connectivity index (χ1) is 28.3. The van der Waals surface area contributed by atoms with Crippen molar-refractivity contribution in [3.05, 3.63) is 111 Å². The lowest BCUT2D eigenvalue weighted by atomic mass is 10.0. The normalized spacial score (nSPS) is 18.3. The van der Waals surface area contributed by atoms with Gasteiger partial charge in [-0.15, -0.1) is 0 Å². The van der Waals surface area contributed by atoms with Crippen molar-refractivity contribution in [3.63, 3.8) is 0 Å². The molecule has 322 valence electrons. The lowest BCUT2D eigenvalue weighted by Gasteiger charge is -2.34. The number of carboxylic acids is 1. The second kappa shape index (κ2) is 20.6. The molecule has 2 heterocycles. The van der Waals surface area contributed by atoms with Gasteiger partial charge in [0.15, 0.2) is 0 Å². The Kier molecular flexibility index (Phi) is 15.7. The van der Waals surface area contributed by atoms with E-state index in [1.807, 2.05) is 0 Å². The topological polar surface area (TPSA) is 317 Å². The molecule has 0 spiro atoms. The molecule has 2 aromatic carbocycles. The van der Waals surface area contributed by atoms with Crippen LogP contribution in [-0.2, 0) is 41.6 Å². The Bertz CT molecular complexity index is 2190. The molecule has 21 nitrogen and oxygen atoms in total. The molecule has 0 bridgehead atoms. The first-order valence-corrected chi connectivity index (χ1v) is 18.7. The number of ether oxygens (including phenoxy) is 1. The van der Waals surface area contributed by atoms with E-state index in [0.29, 0.717) is 11.1 Å². The molecular weight excluding hydrogens is 786 g/mol. The quantitative estimate of drug-likeness (QED) is 0.0724. The van der Waals surface area contributed by atoms with Crippen LogP contribution in [0.25, 0.3) is 0 Å². The molecule has 1 fully saturated rings. The number of benzene rings is 2. The Morgan fingerprint density at radius 1 is 0.900 bits per heavy atom. The minimum Gasteiger partial charge on any atom is -0.508 e. The summed E-state index contributed by atoms with van der Waals surface area (Å²) in [5.74, 6) is -4.64. The van der Waals surface area contributed by atoms with Crippen LogP contribution in [-0.4, -0.2) is 115 Å². The van der Waals surface area contributed by atoms with Gasteiger partial charge in [0.05, 0.1) is 12.1 Å². The fourth-order valence-electron chi connectivity index (χ4n) is 6.08. The van der Waals surface area contributed by atoms with E-state index in [-0.39, 0.29) is 30.8 Å². The van der Waals surface area contributed by atoms with Crippen molar-refractivity contribution >= 4 is 35.6 Å². The van der Waals surface area contributed by atoms with E-state index in [9.17, 15) is 53.7 Å². The number of aromatic amines is 1. The van der Waals surface area contributed by atoms with E-state index < -0.39 is 95.5 Å². The number of phenols is 1. The van der Waals surface area contributed by atoms with Gasteiger partial charge >= 0.3 is 17.7 Å². The SMILES string of the molecule is C[C@H](N)C(=O)N[C@@H](Cc1cccc(O)c1)C(=O)N(C)[C@@H](C)[C@H](NC(=O)[C@H](C)NC(=O)N[C@@H](Cc1ccccc1)C(=O)O)C(=O)N/C=C1/C[C@@H](O)[C@H](n2ccc(=O)[nH]c2=O)O1. The molecule has 21 heteroatoms. The number of urea groups is 1. The monoisotopic (exact) mass is 835 g/mol. The number of phenolic OH excluding ortho intramolecular Hbond substituents is 1. The maximum Gasteiger partial charge on any atom is 0.331 e. The zero-order chi connectivity index (χ0) is 44.3. The van der Waals surface area contributed by atoms with E-state index >= 15 is 0 Å². The Hall–Kier alpha value is -7.00. The third kappa shape index (κ3) is 12.5. The molecule has 60 heavy (non-hydrogen) atoms. The zero-order valence-electron chi connectivity index (χ0n) is 33.2. The number of likely N-dealkylation sites (N-methyl/N-ethyl adjacent to an activating group) is 1. The molecule has 6 amide bonds. The highest BCUT2D eigenvalue weighted by atomic mass is 16.5. The Morgan fingerprint density at radius 3 is 2.20 bits per heavy atom. The molecule has 1 aliphatic rings. The van der Waals surface area contributed by atoms with Crippen LogP contribution in [0.3, 0.4) is 0 Å². The van der Waals surface area contributed by atoms with Crippen molar-refractivity contribution in [2.45, 2.75) is 88.6 Å². The number of aliphatic hydroxyl groups is 1. The first-order valence-electron chi connectivity index (χ1n) is 18.7. The highest BCUT2D eigenvalue weighted by Crippen LogP contribution is 2.30. The van der Waals surface area contributed by atoms with Crippen molar-refractivity contribution < 1.29 is 48.8 Å². The van der Waals surface area contributed by atoms with Gasteiger partial charge < -0.3 is 57.3 Å². The average molecular weight is 836 g/mol. The lowest BCUT2D eigenvalue weighted by Crippen LogP contribution is -2.62. The van der Waals surface area contributed by atoms with E-state index in [1.54, 1.807) is 42.5 Å². The number of nitrogens with zero attached hydrogens (tertiary/aromatic N) is 2. The van der Waals surface area contributed by atoms with Crippen molar-refractivity contribution in [1.82, 2.24) is 41.0 Å². The molecule has 11 N–H and O–H groups in total. The third-order valence-electron chi connectivity index (χ3n) is 9.54. The summed E-state index contributed by atoms with van der Waals surface area (Å²) in [5.41, 5.74) is 5.35. The molecule has 4 rings (SSSR count). The number of H-pyrrole nitrogens is 1. The highest BCUT2D eigenvalue weighted by Gasteiger charge is 2.37. The molecule has 8 atom stereocenters. The summed E-state index contributed by atoms with van der Waals surface area (Å²) < 4.78 is 6.63. The number of carboxylic acid groups (broad SMARTS) is 1. The number of amides is 6. The molecule has 1 aromatic heterocycles. The van der Waals surface area contributed by atoms with Gasteiger partial charge in [0, 0.05) is 44.8 Å². The van der Waals surface area contributed by atoms with Crippen LogP contribution in [0.2, 0.25) is 0 Å². The van der Waals surface area contributed by atoms with E-state index in [2.05, 4.69) is 31.6 Å². The maximum atomic E-state index is 14.1. The third-order valence-corrected chi connectivity index (χ3v) is 9.54. The smallest absolute Gasteiger partial charge is 0.331 e. The Morgan fingerprint density at radius 2 is 1.57 bits per heavy atom. The standard InChI is InChI=1S/C39H49N9O12/c1-20(40)32(52)43-27(17-24-11-8-12-25(49)15-24)35(55)47(4)22(3)31(34(54)41-19-26-18-29(50)36(60-26)48-14-13-30(51)45-39(48)59)46-33(53)21(2)42-38(58)44-28(37(56)57)16-23-9-6-5-7-10-23/h5-15,19-22,27-29,31,36,49-50H,16-18,40H2,1-4H3,(H,41,54)(H,43,52)(H,46,53)(H,56,57)(H2,42,44,58)(H,45,51,59)/b26-19-/t20-,21-,22-,27-,28-,29+,31-,36+/m0/s1. The van der Waals surface area contributed by atoms with Gasteiger partial charge in [-0.1, -0.05) is 42.5 Å². The number of carbonyl (C=O) groups excluding carboxylic acids is 5. The van der Waals surface area contributed by atoms with Gasteiger partial charge in [0.2, 0.25) is 29.9 Å². The summed E-state index contributed by atoms with van der Waals surface area (Å²) in [6.07, 6.45) is -0.684. The predicted molar refractivity (Wildman–Crippen MR) is 213 cm³/mol. The molecule has 3 aromatic rings.